The minimum atomic E-state index is -2.96. The van der Waals surface area contributed by atoms with E-state index in [1.807, 2.05) is 0 Å². The van der Waals surface area contributed by atoms with Crippen molar-refractivity contribution in [3.8, 4) is 0 Å². The molecule has 1 saturated carbocycles. The minimum absolute atomic E-state index is 0.0423. The zero-order valence-corrected chi connectivity index (χ0v) is 14.7. The third-order valence-electron chi connectivity index (χ3n) is 5.01. The van der Waals surface area contributed by atoms with Crippen molar-refractivity contribution < 1.29 is 13.2 Å². The summed E-state index contributed by atoms with van der Waals surface area (Å²) in [6, 6.07) is 8.58. The summed E-state index contributed by atoms with van der Waals surface area (Å²) in [7, 11) is -2.96. The van der Waals surface area contributed by atoms with Gasteiger partial charge in [-0.2, -0.15) is 0 Å². The van der Waals surface area contributed by atoms with Crippen LogP contribution in [0.5, 0.6) is 0 Å². The first-order chi connectivity index (χ1) is 10.9. The van der Waals surface area contributed by atoms with E-state index in [-0.39, 0.29) is 23.3 Å². The van der Waals surface area contributed by atoms with Crippen LogP contribution in [0.2, 0.25) is 0 Å². The molecule has 0 radical (unpaired) electrons. The van der Waals surface area contributed by atoms with Crippen LogP contribution >= 0.6 is 0 Å². The Morgan fingerprint density at radius 2 is 1.83 bits per heavy atom. The summed E-state index contributed by atoms with van der Waals surface area (Å²) < 4.78 is 23.3. The number of hydrogen-bond donors (Lipinski definition) is 0. The predicted octanol–water partition coefficient (Wildman–Crippen LogP) is 2.56. The van der Waals surface area contributed by atoms with Crippen molar-refractivity contribution in [2.75, 3.05) is 24.6 Å². The highest BCUT2D eigenvalue weighted by Gasteiger charge is 2.45. The molecule has 0 spiro atoms. The van der Waals surface area contributed by atoms with Gasteiger partial charge in [0.15, 0.2) is 9.84 Å². The average Bonchev–Trinajstić information content (AvgIpc) is 3.31. The van der Waals surface area contributed by atoms with Crippen LogP contribution in [0.25, 0.3) is 0 Å². The van der Waals surface area contributed by atoms with E-state index >= 15 is 0 Å². The molecule has 23 heavy (non-hydrogen) atoms. The van der Waals surface area contributed by atoms with Gasteiger partial charge in [-0.3, -0.25) is 4.79 Å². The van der Waals surface area contributed by atoms with Gasteiger partial charge in [0.2, 0.25) is 5.91 Å². The number of rotatable bonds is 3. The fourth-order valence-electron chi connectivity index (χ4n) is 3.36. The monoisotopic (exact) mass is 335 g/mol. The van der Waals surface area contributed by atoms with Crippen molar-refractivity contribution in [2.24, 2.45) is 5.92 Å². The summed E-state index contributed by atoms with van der Waals surface area (Å²) in [5, 5.41) is 0. The number of hydrogen-bond acceptors (Lipinski definition) is 3. The molecule has 0 bridgehead atoms. The van der Waals surface area contributed by atoms with Crippen LogP contribution in [0.4, 0.5) is 0 Å². The van der Waals surface area contributed by atoms with Crippen molar-refractivity contribution in [3.63, 3.8) is 0 Å². The summed E-state index contributed by atoms with van der Waals surface area (Å²) in [6.45, 7) is 5.28. The average molecular weight is 335 g/mol. The van der Waals surface area contributed by atoms with Crippen LogP contribution in [0.3, 0.4) is 0 Å². The Kier molecular flexibility index (Phi) is 4.50. The number of carbonyl (C=O) groups is 1. The fourth-order valence-corrected chi connectivity index (χ4v) is 4.63. The highest BCUT2D eigenvalue weighted by molar-refractivity contribution is 7.91. The lowest BCUT2D eigenvalue weighted by Crippen LogP contribution is -2.35. The molecule has 0 N–H and O–H groups in total. The van der Waals surface area contributed by atoms with E-state index in [1.165, 1.54) is 11.1 Å². The molecule has 126 valence electrons. The van der Waals surface area contributed by atoms with Crippen LogP contribution in [-0.2, 0) is 14.6 Å². The summed E-state index contributed by atoms with van der Waals surface area (Å²) in [6.07, 6.45) is 1.46. The van der Waals surface area contributed by atoms with E-state index < -0.39 is 9.84 Å². The molecule has 1 aromatic rings. The Morgan fingerprint density at radius 1 is 1.13 bits per heavy atom. The lowest BCUT2D eigenvalue weighted by Gasteiger charge is -2.19. The van der Waals surface area contributed by atoms with E-state index in [0.29, 0.717) is 31.3 Å². The molecule has 0 unspecified atom stereocenters. The van der Waals surface area contributed by atoms with Gasteiger partial charge in [0, 0.05) is 19.0 Å². The normalized spacial score (nSPS) is 26.8. The van der Waals surface area contributed by atoms with Gasteiger partial charge in [-0.15, -0.1) is 0 Å². The third kappa shape index (κ3) is 3.77. The Bertz CT molecular complexity index is 679. The first kappa shape index (κ1) is 16.5. The molecule has 1 aliphatic heterocycles. The number of carbonyl (C=O) groups excluding carboxylic acids is 1. The first-order valence-electron chi connectivity index (χ1n) is 8.46. The van der Waals surface area contributed by atoms with E-state index in [4.69, 9.17) is 0 Å². The molecule has 1 aromatic carbocycles. The van der Waals surface area contributed by atoms with Crippen molar-refractivity contribution in [3.05, 3.63) is 35.4 Å². The van der Waals surface area contributed by atoms with Gasteiger partial charge >= 0.3 is 0 Å². The maximum atomic E-state index is 12.6. The number of amides is 1. The molecule has 1 aliphatic carbocycles. The van der Waals surface area contributed by atoms with Crippen molar-refractivity contribution >= 4 is 15.7 Å². The maximum Gasteiger partial charge on any atom is 0.226 e. The van der Waals surface area contributed by atoms with Gasteiger partial charge in [-0.25, -0.2) is 8.42 Å². The largest absolute Gasteiger partial charge is 0.341 e. The van der Waals surface area contributed by atoms with E-state index in [2.05, 4.69) is 38.1 Å². The number of benzene rings is 1. The summed E-state index contributed by atoms with van der Waals surface area (Å²) in [5.74, 6) is 1.32. The lowest BCUT2D eigenvalue weighted by molar-refractivity contribution is -0.132. The molecule has 2 aliphatic rings. The highest BCUT2D eigenvalue weighted by atomic mass is 32.2. The number of sulfone groups is 1. The first-order valence-corrected chi connectivity index (χ1v) is 10.3. The maximum absolute atomic E-state index is 12.6. The van der Waals surface area contributed by atoms with Crippen LogP contribution < -0.4 is 0 Å². The zero-order chi connectivity index (χ0) is 16.6. The SMILES string of the molecule is CC(C)c1ccc([C@@H]2C[C@H]2C(=O)N2CCCS(=O)(=O)CC2)cc1. The molecular formula is C18H25NO3S. The van der Waals surface area contributed by atoms with Crippen LogP contribution in [0.15, 0.2) is 24.3 Å². The Hall–Kier alpha value is -1.36. The standard InChI is InChI=1S/C18H25NO3S/c1-13(2)14-4-6-15(7-5-14)16-12-17(16)18(20)19-8-3-10-23(21,22)11-9-19/h4-7,13,16-17H,3,8-12H2,1-2H3/t16-,17+/m0/s1. The smallest absolute Gasteiger partial charge is 0.226 e. The van der Waals surface area contributed by atoms with Gasteiger partial charge in [0.25, 0.3) is 0 Å². The molecule has 2 fully saturated rings. The van der Waals surface area contributed by atoms with Crippen molar-refractivity contribution in [1.29, 1.82) is 0 Å². The van der Waals surface area contributed by atoms with Crippen molar-refractivity contribution in [1.82, 2.24) is 4.90 Å². The molecule has 1 amide bonds. The molecule has 1 saturated heterocycles. The highest BCUT2D eigenvalue weighted by Crippen LogP contribution is 2.48. The summed E-state index contributed by atoms with van der Waals surface area (Å²) >= 11 is 0. The van der Waals surface area contributed by atoms with Crippen LogP contribution in [-0.4, -0.2) is 43.8 Å². The second-order valence-electron chi connectivity index (χ2n) is 7.10. The molecular weight excluding hydrogens is 310 g/mol. The molecule has 5 heteroatoms. The zero-order valence-electron chi connectivity index (χ0n) is 13.9. The molecule has 0 aromatic heterocycles. The second kappa shape index (κ2) is 6.27. The van der Waals surface area contributed by atoms with Gasteiger partial charge in [0.1, 0.15) is 0 Å². The fraction of sp³-hybridized carbons (Fsp3) is 0.611. The third-order valence-corrected chi connectivity index (χ3v) is 6.72. The quantitative estimate of drug-likeness (QED) is 0.853. The van der Waals surface area contributed by atoms with Crippen molar-refractivity contribution in [2.45, 2.75) is 38.5 Å². The molecule has 3 rings (SSSR count). The van der Waals surface area contributed by atoms with Gasteiger partial charge in [0.05, 0.1) is 11.5 Å². The van der Waals surface area contributed by atoms with E-state index in [9.17, 15) is 13.2 Å². The Morgan fingerprint density at radius 3 is 2.48 bits per heavy atom. The summed E-state index contributed by atoms with van der Waals surface area (Å²) in [5.41, 5.74) is 2.55. The van der Waals surface area contributed by atoms with Gasteiger partial charge in [-0.05, 0) is 35.8 Å². The summed E-state index contributed by atoms with van der Waals surface area (Å²) in [4.78, 5) is 14.4. The van der Waals surface area contributed by atoms with Crippen LogP contribution in [0, 0.1) is 5.92 Å². The van der Waals surface area contributed by atoms with E-state index in [0.717, 1.165) is 6.42 Å². The predicted molar refractivity (Wildman–Crippen MR) is 91.2 cm³/mol. The Balaban J connectivity index is 1.62. The minimum Gasteiger partial charge on any atom is -0.341 e. The number of nitrogens with zero attached hydrogens (tertiary/aromatic N) is 1. The molecule has 1 heterocycles. The second-order valence-corrected chi connectivity index (χ2v) is 9.40. The van der Waals surface area contributed by atoms with Crippen LogP contribution in [0.1, 0.15) is 49.7 Å². The molecule has 4 nitrogen and oxygen atoms in total. The van der Waals surface area contributed by atoms with Gasteiger partial charge in [-0.1, -0.05) is 38.1 Å². The molecule has 2 atom stereocenters. The lowest BCUT2D eigenvalue weighted by atomic mass is 10.00. The topological polar surface area (TPSA) is 54.5 Å². The Labute approximate surface area is 138 Å². The van der Waals surface area contributed by atoms with E-state index in [1.54, 1.807) is 4.90 Å². The van der Waals surface area contributed by atoms with Gasteiger partial charge < -0.3 is 4.90 Å².